The Bertz CT molecular complexity index is 382. The van der Waals surface area contributed by atoms with Gasteiger partial charge in [0.1, 0.15) is 0 Å². The molecule has 0 radical (unpaired) electrons. The van der Waals surface area contributed by atoms with E-state index >= 15 is 0 Å². The van der Waals surface area contributed by atoms with Crippen molar-refractivity contribution >= 4 is 6.03 Å². The molecule has 1 saturated heterocycles. The van der Waals surface area contributed by atoms with Gasteiger partial charge >= 0.3 is 6.03 Å². The zero-order valence-corrected chi connectivity index (χ0v) is 13.5. The zero-order valence-electron chi connectivity index (χ0n) is 13.5. The number of aliphatic hydroxyl groups is 1. The van der Waals surface area contributed by atoms with Crippen LogP contribution in [0.4, 0.5) is 4.79 Å². The van der Waals surface area contributed by atoms with Crippen LogP contribution < -0.4 is 10.6 Å². The highest BCUT2D eigenvalue weighted by Crippen LogP contribution is 2.38. The predicted molar refractivity (Wildman–Crippen MR) is 84.7 cm³/mol. The Kier molecular flexibility index (Phi) is 4.93. The van der Waals surface area contributed by atoms with Crippen LogP contribution >= 0.6 is 0 Å². The molecule has 1 heterocycles. The van der Waals surface area contributed by atoms with Crippen LogP contribution in [0.2, 0.25) is 0 Å². The van der Waals surface area contributed by atoms with Crippen molar-refractivity contribution in [1.82, 2.24) is 10.6 Å². The highest BCUT2D eigenvalue weighted by molar-refractivity contribution is 5.75. The van der Waals surface area contributed by atoms with Crippen LogP contribution in [-0.4, -0.2) is 41.5 Å². The van der Waals surface area contributed by atoms with E-state index in [-0.39, 0.29) is 24.3 Å². The van der Waals surface area contributed by atoms with Crippen LogP contribution in [0.15, 0.2) is 0 Å². The summed E-state index contributed by atoms with van der Waals surface area (Å²) >= 11 is 0. The van der Waals surface area contributed by atoms with Crippen molar-refractivity contribution in [2.24, 2.45) is 0 Å². The average molecular weight is 310 g/mol. The lowest BCUT2D eigenvalue weighted by Crippen LogP contribution is -2.57. The van der Waals surface area contributed by atoms with E-state index in [1.807, 2.05) is 0 Å². The topological polar surface area (TPSA) is 70.6 Å². The van der Waals surface area contributed by atoms with Gasteiger partial charge in [-0.05, 0) is 38.5 Å². The van der Waals surface area contributed by atoms with E-state index in [2.05, 4.69) is 10.6 Å². The van der Waals surface area contributed by atoms with E-state index in [1.165, 1.54) is 19.3 Å². The third-order valence-corrected chi connectivity index (χ3v) is 5.83. The zero-order chi connectivity index (χ0) is 15.5. The van der Waals surface area contributed by atoms with E-state index in [0.29, 0.717) is 0 Å². The molecule has 3 fully saturated rings. The number of carbonyl (C=O) groups is 1. The first-order valence-corrected chi connectivity index (χ1v) is 8.99. The van der Waals surface area contributed by atoms with Gasteiger partial charge in [-0.1, -0.05) is 32.1 Å². The summed E-state index contributed by atoms with van der Waals surface area (Å²) in [7, 11) is 0. The number of hydrogen-bond donors (Lipinski definition) is 3. The van der Waals surface area contributed by atoms with Crippen molar-refractivity contribution in [3.05, 3.63) is 0 Å². The predicted octanol–water partition coefficient (Wildman–Crippen LogP) is 2.47. The summed E-state index contributed by atoms with van der Waals surface area (Å²) in [6.45, 7) is 0.786. The molecule has 5 heteroatoms. The Morgan fingerprint density at radius 1 is 1.09 bits per heavy atom. The molecular formula is C17H30N2O3. The SMILES string of the molecule is O=C(NC1CCOC2(CCCCC2)C1)NC1(CO)CCCC1. The third kappa shape index (κ3) is 3.57. The molecule has 3 aliphatic rings. The summed E-state index contributed by atoms with van der Waals surface area (Å²) in [6.07, 6.45) is 11.8. The largest absolute Gasteiger partial charge is 0.394 e. The standard InChI is InChI=1S/C17H30N2O3/c20-13-16(7-4-5-8-16)19-15(21)18-14-6-11-22-17(12-14)9-2-1-3-10-17/h14,20H,1-13H2,(H2,18,19,21). The van der Waals surface area contributed by atoms with Gasteiger partial charge in [0.15, 0.2) is 0 Å². The Balaban J connectivity index is 1.52. The smallest absolute Gasteiger partial charge is 0.315 e. The molecule has 22 heavy (non-hydrogen) atoms. The van der Waals surface area contributed by atoms with Gasteiger partial charge < -0.3 is 20.5 Å². The molecule has 1 atom stereocenters. The van der Waals surface area contributed by atoms with Gasteiger partial charge in [0.2, 0.25) is 0 Å². The lowest BCUT2D eigenvalue weighted by Gasteiger charge is -2.43. The van der Waals surface area contributed by atoms with E-state index in [1.54, 1.807) is 0 Å². The van der Waals surface area contributed by atoms with Crippen molar-refractivity contribution in [1.29, 1.82) is 0 Å². The summed E-state index contributed by atoms with van der Waals surface area (Å²) in [4.78, 5) is 12.3. The van der Waals surface area contributed by atoms with Crippen LogP contribution in [0, 0.1) is 0 Å². The van der Waals surface area contributed by atoms with Gasteiger partial charge in [-0.2, -0.15) is 0 Å². The third-order valence-electron chi connectivity index (χ3n) is 5.83. The second-order valence-corrected chi connectivity index (χ2v) is 7.53. The molecule has 1 unspecified atom stereocenters. The highest BCUT2D eigenvalue weighted by atomic mass is 16.5. The summed E-state index contributed by atoms with van der Waals surface area (Å²) in [6, 6.07) is 0.0813. The monoisotopic (exact) mass is 310 g/mol. The molecule has 2 aliphatic carbocycles. The van der Waals surface area contributed by atoms with E-state index in [4.69, 9.17) is 4.74 Å². The summed E-state index contributed by atoms with van der Waals surface area (Å²) < 4.78 is 6.08. The van der Waals surface area contributed by atoms with E-state index in [0.717, 1.165) is 58.0 Å². The molecular weight excluding hydrogens is 280 g/mol. The molecule has 126 valence electrons. The van der Waals surface area contributed by atoms with Crippen LogP contribution in [0.5, 0.6) is 0 Å². The lowest BCUT2D eigenvalue weighted by atomic mass is 9.78. The van der Waals surface area contributed by atoms with Crippen molar-refractivity contribution in [3.63, 3.8) is 0 Å². The van der Waals surface area contributed by atoms with Gasteiger partial charge in [0.25, 0.3) is 0 Å². The number of urea groups is 1. The minimum Gasteiger partial charge on any atom is -0.394 e. The van der Waals surface area contributed by atoms with Crippen molar-refractivity contribution in [2.45, 2.75) is 87.8 Å². The number of carbonyl (C=O) groups excluding carboxylic acids is 1. The molecule has 0 aromatic heterocycles. The summed E-state index contributed by atoms with van der Waals surface area (Å²) in [5.74, 6) is 0. The minimum atomic E-state index is -0.391. The number of nitrogens with one attached hydrogen (secondary N) is 2. The Morgan fingerprint density at radius 2 is 1.77 bits per heavy atom. The summed E-state index contributed by atoms with van der Waals surface area (Å²) in [5, 5.41) is 15.8. The molecule has 1 spiro atoms. The number of rotatable bonds is 3. The molecule has 3 rings (SSSR count). The molecule has 5 nitrogen and oxygen atoms in total. The number of aliphatic hydroxyl groups excluding tert-OH is 1. The fourth-order valence-electron chi connectivity index (χ4n) is 4.53. The number of amides is 2. The molecule has 3 N–H and O–H groups in total. The van der Waals surface area contributed by atoms with Crippen LogP contribution in [0.1, 0.15) is 70.6 Å². The second-order valence-electron chi connectivity index (χ2n) is 7.53. The maximum absolute atomic E-state index is 12.3. The van der Waals surface area contributed by atoms with Crippen molar-refractivity contribution in [2.75, 3.05) is 13.2 Å². The van der Waals surface area contributed by atoms with Crippen LogP contribution in [0.25, 0.3) is 0 Å². The molecule has 0 aromatic rings. The number of hydrogen-bond acceptors (Lipinski definition) is 3. The second kappa shape index (κ2) is 6.75. The maximum atomic E-state index is 12.3. The van der Waals surface area contributed by atoms with Gasteiger partial charge in [0, 0.05) is 12.6 Å². The molecule has 1 aliphatic heterocycles. The molecule has 0 aromatic carbocycles. The van der Waals surface area contributed by atoms with Gasteiger partial charge in [-0.25, -0.2) is 4.79 Å². The van der Waals surface area contributed by atoms with Crippen LogP contribution in [0.3, 0.4) is 0 Å². The Morgan fingerprint density at radius 3 is 2.45 bits per heavy atom. The Hall–Kier alpha value is -0.810. The first-order valence-electron chi connectivity index (χ1n) is 8.99. The Labute approximate surface area is 133 Å². The van der Waals surface area contributed by atoms with Crippen molar-refractivity contribution < 1.29 is 14.6 Å². The minimum absolute atomic E-state index is 0.0104. The number of ether oxygens (including phenoxy) is 1. The normalized spacial score (nSPS) is 30.1. The highest BCUT2D eigenvalue weighted by Gasteiger charge is 2.40. The average Bonchev–Trinajstić information content (AvgIpc) is 2.97. The quantitative estimate of drug-likeness (QED) is 0.750. The molecule has 2 amide bonds. The van der Waals surface area contributed by atoms with Gasteiger partial charge in [0.05, 0.1) is 17.7 Å². The van der Waals surface area contributed by atoms with Gasteiger partial charge in [-0.15, -0.1) is 0 Å². The lowest BCUT2D eigenvalue weighted by molar-refractivity contribution is -0.107. The first kappa shape index (κ1) is 16.1. The first-order chi connectivity index (χ1) is 10.7. The van der Waals surface area contributed by atoms with Crippen molar-refractivity contribution in [3.8, 4) is 0 Å². The summed E-state index contributed by atoms with van der Waals surface area (Å²) in [5.41, 5.74) is -0.381. The van der Waals surface area contributed by atoms with Gasteiger partial charge in [-0.3, -0.25) is 0 Å². The fraction of sp³-hybridized carbons (Fsp3) is 0.941. The molecule has 2 saturated carbocycles. The van der Waals surface area contributed by atoms with Crippen LogP contribution in [-0.2, 0) is 4.74 Å². The van der Waals surface area contributed by atoms with E-state index in [9.17, 15) is 9.90 Å². The van der Waals surface area contributed by atoms with E-state index < -0.39 is 5.54 Å². The molecule has 0 bridgehead atoms. The maximum Gasteiger partial charge on any atom is 0.315 e. The fourth-order valence-corrected chi connectivity index (χ4v) is 4.53.